The van der Waals surface area contributed by atoms with Crippen molar-refractivity contribution in [2.75, 3.05) is 0 Å². The SMILES string of the molecule is CC(C)(C)c1ccc2ccc3c(CC(C)(C)c4ccc(-c5c6ccc(=O)cc-6oc6cc(OC(C)(C)c7ccc(C(=O)O)c(-c8c9ccc(=O)cc-9oc9cc(O)ccc89)c7)ccc56)c(C(=O)O)c4)ccc4ccc1c2c43. The van der Waals surface area contributed by atoms with E-state index in [1.54, 1.807) is 48.5 Å². The molecule has 0 aromatic heterocycles. The lowest BCUT2D eigenvalue weighted by Crippen LogP contribution is -2.25. The summed E-state index contributed by atoms with van der Waals surface area (Å²) in [5.41, 5.74) is 5.31. The molecule has 3 N–H and O–H groups in total. The van der Waals surface area contributed by atoms with Crippen LogP contribution in [-0.4, -0.2) is 27.3 Å². The van der Waals surface area contributed by atoms with E-state index in [4.69, 9.17) is 13.6 Å². The molecule has 0 spiro atoms. The lowest BCUT2D eigenvalue weighted by Gasteiger charge is -2.29. The molecule has 10 heteroatoms. The maximum absolute atomic E-state index is 13.5. The van der Waals surface area contributed by atoms with Crippen LogP contribution in [0.2, 0.25) is 0 Å². The first-order valence-corrected chi connectivity index (χ1v) is 25.5. The Kier molecular flexibility index (Phi) is 11.0. The van der Waals surface area contributed by atoms with Gasteiger partial charge < -0.3 is 28.9 Å². The van der Waals surface area contributed by atoms with Crippen LogP contribution in [0.3, 0.4) is 0 Å². The van der Waals surface area contributed by atoms with Crippen molar-refractivity contribution < 1.29 is 38.5 Å². The average molecular weight is 1020 g/mol. The number of carbonyl (C=O) groups is 2. The molecule has 10 nitrogen and oxygen atoms in total. The summed E-state index contributed by atoms with van der Waals surface area (Å²) in [7, 11) is 0. The van der Waals surface area contributed by atoms with Crippen molar-refractivity contribution in [2.45, 2.75) is 71.3 Å². The van der Waals surface area contributed by atoms with E-state index in [1.807, 2.05) is 32.0 Å². The third-order valence-electron chi connectivity index (χ3n) is 15.4. The predicted octanol–water partition coefficient (Wildman–Crippen LogP) is 15.6. The molecular weight excluding hydrogens is 965 g/mol. The van der Waals surface area contributed by atoms with Crippen LogP contribution in [0, 0.1) is 0 Å². The maximum atomic E-state index is 13.5. The Morgan fingerprint density at radius 1 is 0.494 bits per heavy atom. The number of phenols is 1. The molecule has 2 heterocycles. The quantitative estimate of drug-likeness (QED) is 0.0887. The number of phenolic OH excluding ortho intramolecular Hbond substituents is 1. The number of aromatic hydroxyl groups is 1. The zero-order chi connectivity index (χ0) is 54.0. The molecule has 380 valence electrons. The van der Waals surface area contributed by atoms with Crippen LogP contribution >= 0.6 is 0 Å². The second kappa shape index (κ2) is 17.4. The first kappa shape index (κ1) is 48.6. The lowest BCUT2D eigenvalue weighted by molar-refractivity contribution is 0.0686. The van der Waals surface area contributed by atoms with Gasteiger partial charge in [-0.15, -0.1) is 0 Å². The van der Waals surface area contributed by atoms with Crippen LogP contribution in [0.1, 0.15) is 91.4 Å². The summed E-state index contributed by atoms with van der Waals surface area (Å²) in [6.07, 6.45) is 0.642. The molecule has 4 aliphatic rings. The van der Waals surface area contributed by atoms with Gasteiger partial charge in [0.1, 0.15) is 39.8 Å². The largest absolute Gasteiger partial charge is 0.508 e. The molecule has 0 bridgehead atoms. The number of rotatable bonds is 10. The first-order chi connectivity index (χ1) is 36.6. The smallest absolute Gasteiger partial charge is 0.336 e. The van der Waals surface area contributed by atoms with Crippen molar-refractivity contribution in [3.8, 4) is 56.4 Å². The summed E-state index contributed by atoms with van der Waals surface area (Å²) in [5.74, 6) is -1.48. The third-order valence-corrected chi connectivity index (χ3v) is 15.4. The molecule has 12 rings (SSSR count). The topological polar surface area (TPSA) is 164 Å². The molecule has 2 aliphatic heterocycles. The Morgan fingerprint density at radius 2 is 1.04 bits per heavy atom. The van der Waals surface area contributed by atoms with Gasteiger partial charge in [-0.1, -0.05) is 101 Å². The Labute approximate surface area is 442 Å². The zero-order valence-electron chi connectivity index (χ0n) is 43.4. The van der Waals surface area contributed by atoms with Gasteiger partial charge in [0, 0.05) is 57.3 Å². The highest BCUT2D eigenvalue weighted by atomic mass is 16.5. The van der Waals surface area contributed by atoms with Crippen molar-refractivity contribution >= 4 is 66.2 Å². The molecule has 8 aromatic rings. The highest BCUT2D eigenvalue weighted by Gasteiger charge is 2.31. The van der Waals surface area contributed by atoms with Gasteiger partial charge in [-0.2, -0.15) is 0 Å². The van der Waals surface area contributed by atoms with Gasteiger partial charge in [0.05, 0.1) is 11.1 Å². The molecule has 0 unspecified atom stereocenters. The van der Waals surface area contributed by atoms with E-state index >= 15 is 0 Å². The summed E-state index contributed by atoms with van der Waals surface area (Å²) in [4.78, 5) is 51.9. The second-order valence-corrected chi connectivity index (χ2v) is 22.4. The lowest BCUT2D eigenvalue weighted by atomic mass is 9.76. The Hall–Kier alpha value is -9.28. The molecule has 8 aromatic carbocycles. The molecular formula is C67H52O10. The van der Waals surface area contributed by atoms with Crippen LogP contribution in [0.4, 0.5) is 0 Å². The van der Waals surface area contributed by atoms with Gasteiger partial charge in [-0.25, -0.2) is 9.59 Å². The minimum Gasteiger partial charge on any atom is -0.508 e. The monoisotopic (exact) mass is 1020 g/mol. The van der Waals surface area contributed by atoms with Gasteiger partial charge in [-0.05, 0) is 164 Å². The van der Waals surface area contributed by atoms with Crippen molar-refractivity contribution in [1.29, 1.82) is 0 Å². The Bertz CT molecular complexity index is 4510. The summed E-state index contributed by atoms with van der Waals surface area (Å²) in [6.45, 7) is 14.7. The van der Waals surface area contributed by atoms with E-state index in [-0.39, 0.29) is 50.3 Å². The van der Waals surface area contributed by atoms with Gasteiger partial charge in [0.15, 0.2) is 10.9 Å². The highest BCUT2D eigenvalue weighted by Crippen LogP contribution is 2.47. The van der Waals surface area contributed by atoms with Gasteiger partial charge in [-0.3, -0.25) is 9.59 Å². The zero-order valence-corrected chi connectivity index (χ0v) is 43.4. The van der Waals surface area contributed by atoms with Gasteiger partial charge in [0.25, 0.3) is 0 Å². The number of aromatic carboxylic acids is 2. The standard InChI is InChI=1S/C67H52O10/c1-65(2,3)54-27-12-36-10-19-44-37(9-8-35-11-20-47(54)60(36)59(35)44)34-66(4,5)38-13-21-45(53(28-38)64(73)74)61-48-23-15-40(68)30-55(48)76-58-33-43(18-26-51(58)61)77-67(6,7)39-14-22-46(63(71)72)52(29-39)62-49-24-16-41(69)31-56(49)75-57-32-42(70)17-25-50(57)62/h8-33,69H,34H2,1-7H3,(H,71,72)(H,73,74). The highest BCUT2D eigenvalue weighted by molar-refractivity contribution is 6.24. The van der Waals surface area contributed by atoms with Crippen LogP contribution in [0.5, 0.6) is 11.5 Å². The van der Waals surface area contributed by atoms with Gasteiger partial charge >= 0.3 is 11.9 Å². The van der Waals surface area contributed by atoms with Crippen LogP contribution in [0.25, 0.3) is 99.2 Å². The molecule has 0 saturated heterocycles. The number of ether oxygens (including phenoxy) is 1. The average Bonchev–Trinajstić information content (AvgIpc) is 3.52. The van der Waals surface area contributed by atoms with Crippen molar-refractivity contribution in [3.63, 3.8) is 0 Å². The molecule has 2 aliphatic carbocycles. The molecule has 0 saturated carbocycles. The van der Waals surface area contributed by atoms with E-state index in [2.05, 4.69) is 83.1 Å². The fourth-order valence-corrected chi connectivity index (χ4v) is 11.6. The molecule has 0 radical (unpaired) electrons. The number of hydrogen-bond donors (Lipinski definition) is 3. The summed E-state index contributed by atoms with van der Waals surface area (Å²) in [6, 6.07) is 47.0. The third kappa shape index (κ3) is 8.19. The fraction of sp³-hybridized carbons (Fsp3) is 0.164. The molecule has 0 atom stereocenters. The minimum absolute atomic E-state index is 0.00452. The van der Waals surface area contributed by atoms with E-state index in [0.717, 1.165) is 5.56 Å². The Balaban J connectivity index is 0.928. The van der Waals surface area contributed by atoms with Crippen LogP contribution in [-0.2, 0) is 22.9 Å². The van der Waals surface area contributed by atoms with E-state index in [1.165, 1.54) is 85.9 Å². The number of fused-ring (bicyclic) bond motifs is 4. The first-order valence-electron chi connectivity index (χ1n) is 25.5. The number of carboxylic acids is 2. The van der Waals surface area contributed by atoms with Gasteiger partial charge in [0.2, 0.25) is 0 Å². The van der Waals surface area contributed by atoms with Crippen molar-refractivity contribution in [1.82, 2.24) is 0 Å². The van der Waals surface area contributed by atoms with Crippen LogP contribution < -0.4 is 15.6 Å². The normalized spacial score (nSPS) is 12.5. The number of carboxylic acid groups (broad SMARTS) is 2. The maximum Gasteiger partial charge on any atom is 0.336 e. The summed E-state index contributed by atoms with van der Waals surface area (Å²) >= 11 is 0. The van der Waals surface area contributed by atoms with Crippen molar-refractivity contribution in [3.05, 3.63) is 212 Å². The van der Waals surface area contributed by atoms with E-state index < -0.39 is 23.0 Å². The molecule has 77 heavy (non-hydrogen) atoms. The summed E-state index contributed by atoms with van der Waals surface area (Å²) in [5, 5.41) is 40.4. The number of hydrogen-bond acceptors (Lipinski definition) is 8. The Morgan fingerprint density at radius 3 is 1.69 bits per heavy atom. The second-order valence-electron chi connectivity index (χ2n) is 22.4. The number of benzene rings is 10. The van der Waals surface area contributed by atoms with E-state index in [9.17, 15) is 34.5 Å². The fourth-order valence-electron chi connectivity index (χ4n) is 11.6. The summed E-state index contributed by atoms with van der Waals surface area (Å²) < 4.78 is 19.3. The molecule has 0 amide bonds. The van der Waals surface area contributed by atoms with E-state index in [0.29, 0.717) is 67.5 Å². The van der Waals surface area contributed by atoms with Crippen molar-refractivity contribution in [2.24, 2.45) is 0 Å². The molecule has 0 fully saturated rings. The minimum atomic E-state index is -1.17. The predicted molar refractivity (Wildman–Crippen MR) is 304 cm³/mol. The van der Waals surface area contributed by atoms with Crippen LogP contribution in [0.15, 0.2) is 176 Å².